The summed E-state index contributed by atoms with van der Waals surface area (Å²) in [5.74, 6) is 0.674. The molecule has 2 rings (SSSR count). The van der Waals surface area contributed by atoms with E-state index < -0.39 is 5.60 Å². The average Bonchev–Trinajstić information content (AvgIpc) is 2.83. The maximum Gasteiger partial charge on any atom is 0.162 e. The van der Waals surface area contributed by atoms with E-state index in [-0.39, 0.29) is 6.10 Å². The van der Waals surface area contributed by atoms with Crippen LogP contribution < -0.4 is 4.74 Å². The van der Waals surface area contributed by atoms with Gasteiger partial charge >= 0.3 is 0 Å². The summed E-state index contributed by atoms with van der Waals surface area (Å²) in [4.78, 5) is 0. The van der Waals surface area contributed by atoms with Gasteiger partial charge in [-0.2, -0.15) is 5.10 Å². The monoisotopic (exact) mass is 268 g/mol. The van der Waals surface area contributed by atoms with Crippen LogP contribution in [0.3, 0.4) is 0 Å². The summed E-state index contributed by atoms with van der Waals surface area (Å²) in [5, 5.41) is 15.4. The highest BCUT2D eigenvalue weighted by Gasteiger charge is 2.41. The largest absolute Gasteiger partial charge is 0.493 e. The van der Waals surface area contributed by atoms with Crippen molar-refractivity contribution in [2.75, 3.05) is 14.2 Å². The summed E-state index contributed by atoms with van der Waals surface area (Å²) < 4.78 is 12.7. The van der Waals surface area contributed by atoms with Gasteiger partial charge in [0.05, 0.1) is 19.4 Å². The van der Waals surface area contributed by atoms with Gasteiger partial charge in [0.1, 0.15) is 11.3 Å². The van der Waals surface area contributed by atoms with Crippen LogP contribution in [0.4, 0.5) is 0 Å². The lowest BCUT2D eigenvalue weighted by atomic mass is 9.80. The van der Waals surface area contributed by atoms with E-state index in [2.05, 4.69) is 12.0 Å². The van der Waals surface area contributed by atoms with Crippen molar-refractivity contribution in [3.8, 4) is 5.75 Å². The molecule has 1 fully saturated rings. The van der Waals surface area contributed by atoms with Gasteiger partial charge < -0.3 is 14.6 Å². The molecule has 1 aromatic rings. The van der Waals surface area contributed by atoms with Crippen LogP contribution in [-0.4, -0.2) is 35.2 Å². The quantitative estimate of drug-likeness (QED) is 0.888. The Morgan fingerprint density at radius 1 is 1.53 bits per heavy atom. The molecule has 0 radical (unpaired) electrons. The Labute approximate surface area is 114 Å². The van der Waals surface area contributed by atoms with Crippen molar-refractivity contribution in [3.05, 3.63) is 11.9 Å². The first-order valence-electron chi connectivity index (χ1n) is 7.00. The average molecular weight is 268 g/mol. The Bertz CT molecular complexity index is 419. The van der Waals surface area contributed by atoms with Gasteiger partial charge in [-0.1, -0.05) is 6.92 Å². The molecule has 0 spiro atoms. The first-order chi connectivity index (χ1) is 9.14. The lowest BCUT2D eigenvalue weighted by Crippen LogP contribution is -2.38. The standard InChI is InChI=1S/C14H24N2O3/c1-4-8-16-13(12(19-3)10-15-16)14(17)7-5-6-11(9-14)18-2/h10-11,17H,4-9H2,1-3H3. The van der Waals surface area contributed by atoms with Gasteiger partial charge in [-0.15, -0.1) is 0 Å². The number of aliphatic hydroxyl groups is 1. The molecule has 1 N–H and O–H groups in total. The van der Waals surface area contributed by atoms with Gasteiger partial charge in [0.25, 0.3) is 0 Å². The van der Waals surface area contributed by atoms with Crippen LogP contribution >= 0.6 is 0 Å². The molecular weight excluding hydrogens is 244 g/mol. The van der Waals surface area contributed by atoms with Gasteiger partial charge in [0.15, 0.2) is 5.75 Å². The molecular formula is C14H24N2O3. The van der Waals surface area contributed by atoms with E-state index in [1.807, 2.05) is 4.68 Å². The number of hydrogen-bond donors (Lipinski definition) is 1. The fourth-order valence-corrected chi connectivity index (χ4v) is 2.99. The molecule has 5 heteroatoms. The molecule has 0 saturated heterocycles. The molecule has 0 amide bonds. The molecule has 0 bridgehead atoms. The molecule has 2 atom stereocenters. The minimum absolute atomic E-state index is 0.105. The van der Waals surface area contributed by atoms with Gasteiger partial charge in [0.2, 0.25) is 0 Å². The van der Waals surface area contributed by atoms with Crippen molar-refractivity contribution in [3.63, 3.8) is 0 Å². The third kappa shape index (κ3) is 2.77. The predicted molar refractivity (Wildman–Crippen MR) is 72.2 cm³/mol. The molecule has 1 aromatic heterocycles. The summed E-state index contributed by atoms with van der Waals surface area (Å²) in [6, 6.07) is 0. The molecule has 108 valence electrons. The highest BCUT2D eigenvalue weighted by Crippen LogP contribution is 2.41. The normalized spacial score (nSPS) is 27.5. The van der Waals surface area contributed by atoms with E-state index in [1.54, 1.807) is 20.4 Å². The first kappa shape index (κ1) is 14.3. The number of ether oxygens (including phenoxy) is 2. The molecule has 0 aliphatic heterocycles. The third-order valence-electron chi connectivity index (χ3n) is 3.92. The van der Waals surface area contributed by atoms with Gasteiger partial charge in [-0.25, -0.2) is 0 Å². The zero-order valence-corrected chi connectivity index (χ0v) is 12.1. The number of methoxy groups -OCH3 is 2. The fourth-order valence-electron chi connectivity index (χ4n) is 2.99. The number of hydrogen-bond acceptors (Lipinski definition) is 4. The van der Waals surface area contributed by atoms with Crippen molar-refractivity contribution < 1.29 is 14.6 Å². The minimum Gasteiger partial charge on any atom is -0.493 e. The van der Waals surface area contributed by atoms with Gasteiger partial charge in [-0.3, -0.25) is 4.68 Å². The number of nitrogens with zero attached hydrogens (tertiary/aromatic N) is 2. The zero-order chi connectivity index (χ0) is 13.9. The van der Waals surface area contributed by atoms with Gasteiger partial charge in [0, 0.05) is 20.1 Å². The Morgan fingerprint density at radius 2 is 2.32 bits per heavy atom. The molecule has 1 saturated carbocycles. The van der Waals surface area contributed by atoms with E-state index in [1.165, 1.54) is 0 Å². The second-order valence-electron chi connectivity index (χ2n) is 5.27. The molecule has 0 aromatic carbocycles. The Morgan fingerprint density at radius 3 is 2.95 bits per heavy atom. The summed E-state index contributed by atoms with van der Waals surface area (Å²) >= 11 is 0. The molecule has 1 aliphatic carbocycles. The van der Waals surface area contributed by atoms with E-state index in [0.717, 1.165) is 37.9 Å². The van der Waals surface area contributed by atoms with Crippen LogP contribution in [0.5, 0.6) is 5.75 Å². The minimum atomic E-state index is -0.893. The Balaban J connectivity index is 2.34. The van der Waals surface area contributed by atoms with Crippen LogP contribution in [0.1, 0.15) is 44.7 Å². The number of aryl methyl sites for hydroxylation is 1. The summed E-state index contributed by atoms with van der Waals surface area (Å²) in [6.45, 7) is 2.89. The van der Waals surface area contributed by atoms with Crippen LogP contribution in [-0.2, 0) is 16.9 Å². The molecule has 5 nitrogen and oxygen atoms in total. The smallest absolute Gasteiger partial charge is 0.162 e. The summed E-state index contributed by atoms with van der Waals surface area (Å²) in [7, 11) is 3.33. The van der Waals surface area contributed by atoms with E-state index in [0.29, 0.717) is 12.2 Å². The predicted octanol–water partition coefficient (Wildman–Crippen LogP) is 2.08. The highest BCUT2D eigenvalue weighted by molar-refractivity contribution is 5.31. The van der Waals surface area contributed by atoms with Crippen molar-refractivity contribution in [2.45, 2.75) is 57.3 Å². The fraction of sp³-hybridized carbons (Fsp3) is 0.786. The SMILES string of the molecule is CCCn1ncc(OC)c1C1(O)CCCC(OC)C1. The van der Waals surface area contributed by atoms with Gasteiger partial charge in [-0.05, 0) is 25.7 Å². The van der Waals surface area contributed by atoms with E-state index >= 15 is 0 Å². The van der Waals surface area contributed by atoms with Crippen LogP contribution in [0.15, 0.2) is 6.20 Å². The van der Waals surface area contributed by atoms with Crippen LogP contribution in [0.2, 0.25) is 0 Å². The Kier molecular flexibility index (Phi) is 4.47. The molecule has 1 aliphatic rings. The molecule has 2 unspecified atom stereocenters. The van der Waals surface area contributed by atoms with E-state index in [9.17, 15) is 5.11 Å². The topological polar surface area (TPSA) is 56.5 Å². The van der Waals surface area contributed by atoms with Crippen LogP contribution in [0.25, 0.3) is 0 Å². The lowest BCUT2D eigenvalue weighted by Gasteiger charge is -2.36. The van der Waals surface area contributed by atoms with Crippen molar-refractivity contribution in [2.24, 2.45) is 0 Å². The maximum absolute atomic E-state index is 11.0. The zero-order valence-electron chi connectivity index (χ0n) is 12.1. The second-order valence-corrected chi connectivity index (χ2v) is 5.27. The lowest BCUT2D eigenvalue weighted by molar-refractivity contribution is -0.0692. The van der Waals surface area contributed by atoms with Crippen molar-refractivity contribution in [1.29, 1.82) is 0 Å². The maximum atomic E-state index is 11.0. The van der Waals surface area contributed by atoms with E-state index in [4.69, 9.17) is 9.47 Å². The Hall–Kier alpha value is -1.07. The van der Waals surface area contributed by atoms with Crippen molar-refractivity contribution in [1.82, 2.24) is 9.78 Å². The number of aromatic nitrogens is 2. The third-order valence-corrected chi connectivity index (χ3v) is 3.92. The number of rotatable bonds is 5. The second kappa shape index (κ2) is 5.92. The highest BCUT2D eigenvalue weighted by atomic mass is 16.5. The van der Waals surface area contributed by atoms with Crippen LogP contribution in [0, 0.1) is 0 Å². The first-order valence-corrected chi connectivity index (χ1v) is 7.00. The molecule has 19 heavy (non-hydrogen) atoms. The summed E-state index contributed by atoms with van der Waals surface area (Å²) in [6.07, 6.45) is 6.07. The summed E-state index contributed by atoms with van der Waals surface area (Å²) in [5.41, 5.74) is -0.0887. The molecule has 1 heterocycles. The van der Waals surface area contributed by atoms with Crippen molar-refractivity contribution >= 4 is 0 Å².